The Morgan fingerprint density at radius 2 is 0.606 bits per heavy atom. The summed E-state index contributed by atoms with van der Waals surface area (Å²) in [7, 11) is 0. The van der Waals surface area contributed by atoms with E-state index in [2.05, 4.69) is 254 Å². The fraction of sp³-hybridized carbons (Fsp3) is 0.129. The van der Waals surface area contributed by atoms with Crippen molar-refractivity contribution in [3.8, 4) is 0 Å². The van der Waals surface area contributed by atoms with E-state index in [1.54, 1.807) is 0 Å². The van der Waals surface area contributed by atoms with Gasteiger partial charge in [-0.15, -0.1) is 0 Å². The maximum atomic E-state index is 2.59. The van der Waals surface area contributed by atoms with Gasteiger partial charge in [-0.3, -0.25) is 0 Å². The number of hydrogen-bond acceptors (Lipinski definition) is 2. The molecule has 13 rings (SSSR count). The molecule has 0 saturated heterocycles. The average molecular weight is 851 g/mol. The van der Waals surface area contributed by atoms with Gasteiger partial charge in [-0.25, -0.2) is 0 Å². The Balaban J connectivity index is 1.25. The molecule has 0 aliphatic carbocycles. The molecule has 4 nitrogen and oxygen atoms in total. The molecule has 0 N–H and O–H groups in total. The predicted octanol–water partition coefficient (Wildman–Crippen LogP) is 17.5. The molecule has 0 atom stereocenters. The highest BCUT2D eigenvalue weighted by atomic mass is 15.2. The molecule has 4 aromatic heterocycles. The second kappa shape index (κ2) is 13.8. The summed E-state index contributed by atoms with van der Waals surface area (Å²) in [5, 5.41) is 10.3. The lowest BCUT2D eigenvalue weighted by molar-refractivity contribution is 0.596. The first-order valence-electron chi connectivity index (χ1n) is 23.3. The summed E-state index contributed by atoms with van der Waals surface area (Å²) in [6, 6.07) is 71.7. The third-order valence-corrected chi connectivity index (χ3v) is 14.0. The molecule has 4 heteroatoms. The van der Waals surface area contributed by atoms with Crippen molar-refractivity contribution in [3.05, 3.63) is 205 Å². The number of nitrogens with zero attached hydrogens (tertiary/aromatic N) is 4. The summed E-state index contributed by atoms with van der Waals surface area (Å²) in [5.74, 6) is 0. The summed E-state index contributed by atoms with van der Waals surface area (Å²) in [5.41, 5.74) is 16.7. The molecule has 0 aliphatic rings. The molecule has 0 unspecified atom stereocenters. The fourth-order valence-corrected chi connectivity index (χ4v) is 11.6. The second-order valence-electron chi connectivity index (χ2n) is 20.2. The van der Waals surface area contributed by atoms with Gasteiger partial charge in [-0.05, 0) is 107 Å². The first kappa shape index (κ1) is 38.6. The lowest BCUT2D eigenvalue weighted by atomic mass is 9.81. The number of anilines is 6. The maximum Gasteiger partial charge on any atom is 0.0625 e. The Morgan fingerprint density at radius 1 is 0.303 bits per heavy atom. The number of aromatic nitrogens is 2. The first-order chi connectivity index (χ1) is 32.1. The smallest absolute Gasteiger partial charge is 0.0625 e. The normalized spacial score (nSPS) is 12.7. The number of fused-ring (bicyclic) bond motifs is 12. The van der Waals surface area contributed by atoms with Crippen molar-refractivity contribution in [1.82, 2.24) is 8.80 Å². The third kappa shape index (κ3) is 5.39. The van der Waals surface area contributed by atoms with Gasteiger partial charge in [0, 0.05) is 65.8 Å². The van der Waals surface area contributed by atoms with E-state index in [1.807, 2.05) is 0 Å². The zero-order valence-corrected chi connectivity index (χ0v) is 38.3. The molecular weight excluding hydrogens is 801 g/mol. The standard InChI is InChI=1S/C62H50N4/c1-61(2,3)57-53(63(39-23-11-7-12-24-39)40-25-13-8-14-26-40)35-45-43-31-19-21-33-49(43)65-51-38-48-52(37-47(51)55(57)59(45)65)66-50-34-22-20-32-44(50)46-36-54(58(62(4,5)6)56(48)60(46)66)64(41-27-15-9-16-28-41)42-29-17-10-18-30-42/h7-38H,1-6H3. The summed E-state index contributed by atoms with van der Waals surface area (Å²) in [6.07, 6.45) is 0. The van der Waals surface area contributed by atoms with Crippen LogP contribution in [0.1, 0.15) is 52.7 Å². The number of hydrogen-bond donors (Lipinski definition) is 0. The van der Waals surface area contributed by atoms with Gasteiger partial charge in [-0.1, -0.05) is 151 Å². The molecular formula is C62H50N4. The predicted molar refractivity (Wildman–Crippen MR) is 283 cm³/mol. The first-order valence-corrected chi connectivity index (χ1v) is 23.3. The van der Waals surface area contributed by atoms with Crippen LogP contribution in [0, 0.1) is 0 Å². The van der Waals surface area contributed by atoms with Crippen LogP contribution < -0.4 is 9.80 Å². The van der Waals surface area contributed by atoms with E-state index < -0.39 is 0 Å². The highest BCUT2D eigenvalue weighted by Crippen LogP contribution is 2.55. The zero-order valence-electron chi connectivity index (χ0n) is 38.3. The third-order valence-electron chi connectivity index (χ3n) is 14.0. The Morgan fingerprint density at radius 3 is 0.924 bits per heavy atom. The quantitative estimate of drug-likeness (QED) is 0.166. The average Bonchev–Trinajstić information content (AvgIpc) is 4.05. The molecule has 0 saturated carbocycles. The zero-order chi connectivity index (χ0) is 44.6. The van der Waals surface area contributed by atoms with Crippen molar-refractivity contribution in [2.75, 3.05) is 9.80 Å². The van der Waals surface area contributed by atoms with Crippen LogP contribution in [0.2, 0.25) is 0 Å². The van der Waals surface area contributed by atoms with Gasteiger partial charge in [-0.2, -0.15) is 0 Å². The van der Waals surface area contributed by atoms with Gasteiger partial charge >= 0.3 is 0 Å². The van der Waals surface area contributed by atoms with E-state index in [0.717, 1.165) is 22.7 Å². The van der Waals surface area contributed by atoms with Crippen molar-refractivity contribution in [2.24, 2.45) is 0 Å². The lowest BCUT2D eigenvalue weighted by Gasteiger charge is -2.33. The van der Waals surface area contributed by atoms with Gasteiger partial charge in [0.1, 0.15) is 0 Å². The van der Waals surface area contributed by atoms with Gasteiger partial charge in [0.25, 0.3) is 0 Å². The molecule has 0 radical (unpaired) electrons. The molecule has 0 amide bonds. The molecule has 0 fully saturated rings. The Bertz CT molecular complexity index is 3640. The van der Waals surface area contributed by atoms with Crippen LogP contribution in [0.4, 0.5) is 34.1 Å². The Kier molecular flexibility index (Phi) is 8.10. The van der Waals surface area contributed by atoms with Crippen LogP contribution in [-0.4, -0.2) is 8.80 Å². The topological polar surface area (TPSA) is 15.3 Å². The van der Waals surface area contributed by atoms with Gasteiger partial charge in [0.15, 0.2) is 0 Å². The molecule has 0 spiro atoms. The minimum atomic E-state index is -0.231. The minimum absolute atomic E-state index is 0.231. The lowest BCUT2D eigenvalue weighted by Crippen LogP contribution is -2.19. The highest BCUT2D eigenvalue weighted by Gasteiger charge is 2.34. The van der Waals surface area contributed by atoms with Gasteiger partial charge in [0.05, 0.1) is 44.5 Å². The van der Waals surface area contributed by atoms with Crippen molar-refractivity contribution >= 4 is 110 Å². The molecule has 13 aromatic rings. The van der Waals surface area contributed by atoms with Crippen LogP contribution in [0.25, 0.3) is 76.2 Å². The summed E-state index contributed by atoms with van der Waals surface area (Å²) in [6.45, 7) is 14.3. The van der Waals surface area contributed by atoms with Crippen molar-refractivity contribution in [2.45, 2.75) is 52.4 Å². The molecule has 4 heterocycles. The van der Waals surface area contributed by atoms with Crippen LogP contribution in [0.3, 0.4) is 0 Å². The summed E-state index contributed by atoms with van der Waals surface area (Å²) in [4.78, 5) is 4.96. The molecule has 0 bridgehead atoms. The number of benzene rings is 9. The van der Waals surface area contributed by atoms with Crippen LogP contribution in [-0.2, 0) is 10.8 Å². The fourth-order valence-electron chi connectivity index (χ4n) is 11.6. The van der Waals surface area contributed by atoms with Crippen molar-refractivity contribution in [3.63, 3.8) is 0 Å². The van der Waals surface area contributed by atoms with E-state index in [9.17, 15) is 0 Å². The van der Waals surface area contributed by atoms with Crippen LogP contribution >= 0.6 is 0 Å². The molecule has 9 aromatic carbocycles. The van der Waals surface area contributed by atoms with E-state index in [4.69, 9.17) is 0 Å². The minimum Gasteiger partial charge on any atom is -0.310 e. The summed E-state index contributed by atoms with van der Waals surface area (Å²) < 4.78 is 5.18. The van der Waals surface area contributed by atoms with E-state index >= 15 is 0 Å². The number of rotatable bonds is 6. The van der Waals surface area contributed by atoms with E-state index in [1.165, 1.54) is 98.7 Å². The molecule has 0 aliphatic heterocycles. The largest absolute Gasteiger partial charge is 0.310 e. The molecule has 318 valence electrons. The van der Waals surface area contributed by atoms with Crippen molar-refractivity contribution < 1.29 is 0 Å². The SMILES string of the molecule is CC(C)(C)c1c(N(c2ccccc2)c2ccccc2)cc2c3ccccc3n3c4cc5c6c(C(C)(C)C)c(N(c7ccccc7)c7ccccc7)cc7c8ccccc8n(c5cc4c1c23)c76. The van der Waals surface area contributed by atoms with Crippen LogP contribution in [0.5, 0.6) is 0 Å². The van der Waals surface area contributed by atoms with E-state index in [0.29, 0.717) is 0 Å². The maximum absolute atomic E-state index is 2.59. The van der Waals surface area contributed by atoms with Crippen molar-refractivity contribution in [1.29, 1.82) is 0 Å². The monoisotopic (exact) mass is 850 g/mol. The second-order valence-corrected chi connectivity index (χ2v) is 20.2. The van der Waals surface area contributed by atoms with Gasteiger partial charge < -0.3 is 18.6 Å². The highest BCUT2D eigenvalue weighted by molar-refractivity contribution is 6.31. The molecule has 66 heavy (non-hydrogen) atoms. The van der Waals surface area contributed by atoms with Crippen LogP contribution in [0.15, 0.2) is 194 Å². The van der Waals surface area contributed by atoms with E-state index in [-0.39, 0.29) is 10.8 Å². The Hall–Kier alpha value is -7.82. The van der Waals surface area contributed by atoms with Gasteiger partial charge in [0.2, 0.25) is 0 Å². The Labute approximate surface area is 384 Å². The summed E-state index contributed by atoms with van der Waals surface area (Å²) >= 11 is 0. The number of para-hydroxylation sites is 6.